The van der Waals surface area contributed by atoms with Crippen molar-refractivity contribution in [2.45, 2.75) is 44.4 Å². The van der Waals surface area contributed by atoms with Crippen molar-refractivity contribution in [1.82, 2.24) is 5.32 Å². The van der Waals surface area contributed by atoms with Crippen LogP contribution in [-0.4, -0.2) is 23.7 Å². The summed E-state index contributed by atoms with van der Waals surface area (Å²) in [5.41, 5.74) is 8.05. The highest BCUT2D eigenvalue weighted by molar-refractivity contribution is 8.00. The van der Waals surface area contributed by atoms with E-state index in [1.54, 1.807) is 11.8 Å². The molecule has 3 N–H and O–H groups in total. The van der Waals surface area contributed by atoms with Crippen LogP contribution < -0.4 is 11.1 Å². The summed E-state index contributed by atoms with van der Waals surface area (Å²) < 4.78 is 0. The van der Waals surface area contributed by atoms with E-state index in [9.17, 15) is 4.79 Å². The van der Waals surface area contributed by atoms with Crippen molar-refractivity contribution in [3.05, 3.63) is 35.4 Å². The van der Waals surface area contributed by atoms with Crippen molar-refractivity contribution in [2.75, 3.05) is 12.3 Å². The van der Waals surface area contributed by atoms with E-state index in [1.807, 2.05) is 19.1 Å². The number of amides is 1. The van der Waals surface area contributed by atoms with Crippen LogP contribution in [0.25, 0.3) is 0 Å². The number of carbonyl (C=O) groups excluding carboxylic acids is 1. The summed E-state index contributed by atoms with van der Waals surface area (Å²) in [6.45, 7) is 6.83. The van der Waals surface area contributed by atoms with Gasteiger partial charge in [0.1, 0.15) is 5.25 Å². The molecule has 0 saturated heterocycles. The van der Waals surface area contributed by atoms with Gasteiger partial charge in [0.05, 0.1) is 0 Å². The van der Waals surface area contributed by atoms with E-state index in [2.05, 4.69) is 31.3 Å². The number of carbonyl (C=O) groups is 1. The first kappa shape index (κ1) is 16.4. The van der Waals surface area contributed by atoms with Crippen LogP contribution >= 0.6 is 11.8 Å². The van der Waals surface area contributed by atoms with E-state index in [4.69, 9.17) is 5.73 Å². The maximum absolute atomic E-state index is 12.7. The molecule has 0 radical (unpaired) electrons. The van der Waals surface area contributed by atoms with Gasteiger partial charge in [-0.3, -0.25) is 4.79 Å². The van der Waals surface area contributed by atoms with Crippen molar-refractivity contribution in [2.24, 2.45) is 11.7 Å². The van der Waals surface area contributed by atoms with E-state index in [0.29, 0.717) is 12.5 Å². The van der Waals surface area contributed by atoms with Gasteiger partial charge in [-0.05, 0) is 42.6 Å². The van der Waals surface area contributed by atoms with Crippen LogP contribution in [0.4, 0.5) is 0 Å². The second kappa shape index (κ2) is 6.84. The van der Waals surface area contributed by atoms with Crippen molar-refractivity contribution in [3.63, 3.8) is 0 Å². The van der Waals surface area contributed by atoms with Gasteiger partial charge in [0.2, 0.25) is 5.91 Å². The Morgan fingerprint density at radius 1 is 1.48 bits per heavy atom. The number of nitrogens with one attached hydrogen (secondary N) is 1. The zero-order valence-electron chi connectivity index (χ0n) is 13.2. The number of thioether (sulfide) groups is 1. The average Bonchev–Trinajstić information content (AvgIpc) is 2.45. The summed E-state index contributed by atoms with van der Waals surface area (Å²) in [7, 11) is 0. The summed E-state index contributed by atoms with van der Waals surface area (Å²) in [6.07, 6.45) is 1.94. The lowest BCUT2D eigenvalue weighted by atomic mass is 9.90. The van der Waals surface area contributed by atoms with Gasteiger partial charge >= 0.3 is 0 Å². The molecule has 0 saturated carbocycles. The first-order chi connectivity index (χ1) is 9.95. The molecule has 2 rings (SSSR count). The van der Waals surface area contributed by atoms with Gasteiger partial charge in [0.25, 0.3) is 0 Å². The molecule has 1 aliphatic rings. The Bertz CT molecular complexity index is 503. The number of benzene rings is 1. The van der Waals surface area contributed by atoms with Crippen molar-refractivity contribution in [1.29, 1.82) is 0 Å². The van der Waals surface area contributed by atoms with Crippen LogP contribution in [0.1, 0.15) is 43.6 Å². The second-order valence-corrected chi connectivity index (χ2v) is 7.76. The monoisotopic (exact) mass is 306 g/mol. The van der Waals surface area contributed by atoms with E-state index in [-0.39, 0.29) is 16.7 Å². The molecule has 1 aliphatic heterocycles. The molecule has 0 bridgehead atoms. The van der Waals surface area contributed by atoms with Crippen LogP contribution in [0.15, 0.2) is 24.3 Å². The summed E-state index contributed by atoms with van der Waals surface area (Å²) >= 11 is 1.73. The summed E-state index contributed by atoms with van der Waals surface area (Å²) in [5, 5.41) is 3.10. The molecule has 116 valence electrons. The molecular formula is C17H26N2OS. The Hall–Kier alpha value is -1.00. The largest absolute Gasteiger partial charge is 0.348 e. The van der Waals surface area contributed by atoms with Gasteiger partial charge in [-0.2, -0.15) is 0 Å². The Morgan fingerprint density at radius 3 is 2.86 bits per heavy atom. The molecule has 0 fully saturated rings. The lowest BCUT2D eigenvalue weighted by Gasteiger charge is -2.34. The molecule has 21 heavy (non-hydrogen) atoms. The summed E-state index contributed by atoms with van der Waals surface area (Å²) in [4.78, 5) is 12.7. The maximum atomic E-state index is 12.7. The molecule has 1 amide bonds. The number of hydrogen-bond acceptors (Lipinski definition) is 3. The van der Waals surface area contributed by atoms with Crippen LogP contribution in [0.3, 0.4) is 0 Å². The van der Waals surface area contributed by atoms with Crippen molar-refractivity contribution in [3.8, 4) is 0 Å². The maximum Gasteiger partial charge on any atom is 0.238 e. The Kier molecular flexibility index (Phi) is 5.33. The van der Waals surface area contributed by atoms with Crippen molar-refractivity contribution < 1.29 is 4.79 Å². The molecular weight excluding hydrogens is 280 g/mol. The second-order valence-electron chi connectivity index (χ2n) is 6.55. The van der Waals surface area contributed by atoms with Crippen LogP contribution in [0.5, 0.6) is 0 Å². The highest BCUT2D eigenvalue weighted by atomic mass is 32.2. The van der Waals surface area contributed by atoms with Crippen LogP contribution in [-0.2, 0) is 11.2 Å². The zero-order chi connectivity index (χ0) is 15.5. The summed E-state index contributed by atoms with van der Waals surface area (Å²) in [5.74, 6) is 1.60. The standard InChI is InChI=1S/C17H26N2OS/c1-12(2)10-17(3,11-18)19-16(20)15-14-7-5-4-6-13(14)8-9-21-15/h4-7,12,15H,8-11,18H2,1-3H3,(H,19,20). The fraction of sp³-hybridized carbons (Fsp3) is 0.588. The number of aryl methyl sites for hydroxylation is 1. The highest BCUT2D eigenvalue weighted by Gasteiger charge is 2.32. The van der Waals surface area contributed by atoms with Crippen molar-refractivity contribution >= 4 is 17.7 Å². The third-order valence-electron chi connectivity index (χ3n) is 3.97. The number of rotatable bonds is 5. The van der Waals surface area contributed by atoms with Gasteiger partial charge in [-0.25, -0.2) is 0 Å². The SMILES string of the molecule is CC(C)CC(C)(CN)NC(=O)C1SCCc2ccccc21. The lowest BCUT2D eigenvalue weighted by Crippen LogP contribution is -2.53. The fourth-order valence-corrected chi connectivity index (χ4v) is 4.25. The van der Waals surface area contributed by atoms with Crippen LogP contribution in [0.2, 0.25) is 0 Å². The Morgan fingerprint density at radius 2 is 2.19 bits per heavy atom. The van der Waals surface area contributed by atoms with Gasteiger partial charge < -0.3 is 11.1 Å². The lowest BCUT2D eigenvalue weighted by molar-refractivity contribution is -0.122. The third-order valence-corrected chi connectivity index (χ3v) is 5.21. The smallest absolute Gasteiger partial charge is 0.238 e. The van der Waals surface area contributed by atoms with Gasteiger partial charge in [0.15, 0.2) is 0 Å². The molecule has 2 atom stereocenters. The quantitative estimate of drug-likeness (QED) is 0.879. The molecule has 4 heteroatoms. The summed E-state index contributed by atoms with van der Waals surface area (Å²) in [6, 6.07) is 8.27. The zero-order valence-corrected chi connectivity index (χ0v) is 14.0. The van der Waals surface area contributed by atoms with Gasteiger partial charge in [-0.15, -0.1) is 11.8 Å². The first-order valence-corrected chi connectivity index (χ1v) is 8.71. The van der Waals surface area contributed by atoms with E-state index < -0.39 is 0 Å². The van der Waals surface area contributed by atoms with E-state index in [0.717, 1.165) is 24.2 Å². The van der Waals surface area contributed by atoms with Crippen LogP contribution in [0, 0.1) is 5.92 Å². The van der Waals surface area contributed by atoms with E-state index >= 15 is 0 Å². The average molecular weight is 306 g/mol. The Labute approximate surface area is 132 Å². The third kappa shape index (κ3) is 4.01. The highest BCUT2D eigenvalue weighted by Crippen LogP contribution is 2.37. The minimum atomic E-state index is -0.321. The first-order valence-electron chi connectivity index (χ1n) is 7.67. The molecule has 0 aliphatic carbocycles. The normalized spacial score (nSPS) is 20.7. The predicted octanol–water partition coefficient (Wildman–Crippen LogP) is 2.90. The minimum Gasteiger partial charge on any atom is -0.348 e. The molecule has 0 spiro atoms. The predicted molar refractivity (Wildman–Crippen MR) is 90.4 cm³/mol. The number of hydrogen-bond donors (Lipinski definition) is 2. The molecule has 0 aromatic heterocycles. The molecule has 2 unspecified atom stereocenters. The number of nitrogens with two attached hydrogens (primary N) is 1. The van der Waals surface area contributed by atoms with Gasteiger partial charge in [0, 0.05) is 12.1 Å². The molecule has 1 aromatic rings. The number of fused-ring (bicyclic) bond motifs is 1. The molecule has 1 aromatic carbocycles. The van der Waals surface area contributed by atoms with Gasteiger partial charge in [-0.1, -0.05) is 38.1 Å². The fourth-order valence-electron chi connectivity index (χ4n) is 3.06. The molecule has 3 nitrogen and oxygen atoms in total. The topological polar surface area (TPSA) is 55.1 Å². The molecule has 1 heterocycles. The minimum absolute atomic E-state index is 0.0979. The van der Waals surface area contributed by atoms with E-state index in [1.165, 1.54) is 5.56 Å². The Balaban J connectivity index is 2.14.